The minimum Gasteiger partial charge on any atom is -0.466 e. The third kappa shape index (κ3) is 3.76. The van der Waals surface area contributed by atoms with Gasteiger partial charge in [0.15, 0.2) is 0 Å². The van der Waals surface area contributed by atoms with E-state index in [1.807, 2.05) is 0 Å². The van der Waals surface area contributed by atoms with Crippen molar-refractivity contribution in [3.05, 3.63) is 38.9 Å². The van der Waals surface area contributed by atoms with Crippen LogP contribution in [0.2, 0.25) is 0 Å². The zero-order valence-corrected chi connectivity index (χ0v) is 11.8. The quantitative estimate of drug-likeness (QED) is 0.358. The molecule has 19 heavy (non-hydrogen) atoms. The summed E-state index contributed by atoms with van der Waals surface area (Å²) in [7, 11) is 0. The van der Waals surface area contributed by atoms with Crippen molar-refractivity contribution in [3.63, 3.8) is 0 Å². The molecule has 0 amide bonds. The lowest BCUT2D eigenvalue weighted by atomic mass is 10.0. The molecule has 0 unspecified atom stereocenters. The van der Waals surface area contributed by atoms with E-state index in [9.17, 15) is 14.9 Å². The first-order valence-corrected chi connectivity index (χ1v) is 6.57. The molecule has 0 heterocycles. The van der Waals surface area contributed by atoms with Crippen LogP contribution in [0, 0.1) is 21.4 Å². The molecule has 0 aliphatic carbocycles. The molecule has 0 aliphatic rings. The number of halogens is 1. The number of carbonyl (C=O) groups excluding carboxylic acids is 1. The predicted octanol–water partition coefficient (Wildman–Crippen LogP) is 2.47. The Hall–Kier alpha value is -1.94. The molecule has 0 aliphatic heterocycles. The van der Waals surface area contributed by atoms with Crippen LogP contribution >= 0.6 is 15.9 Å². The molecule has 0 fully saturated rings. The van der Waals surface area contributed by atoms with Crippen molar-refractivity contribution in [3.8, 4) is 6.07 Å². The van der Waals surface area contributed by atoms with Gasteiger partial charge in [-0.2, -0.15) is 5.26 Å². The third-order valence-electron chi connectivity index (χ3n) is 2.35. The Morgan fingerprint density at radius 2 is 2.26 bits per heavy atom. The molecule has 0 atom stereocenters. The Bertz CT molecular complexity index is 551. The van der Waals surface area contributed by atoms with Crippen LogP contribution in [0.15, 0.2) is 12.1 Å². The molecule has 0 saturated carbocycles. The minimum atomic E-state index is -0.648. The van der Waals surface area contributed by atoms with Crippen LogP contribution in [-0.4, -0.2) is 17.5 Å². The molecular weight excluding hydrogens is 316 g/mol. The lowest BCUT2D eigenvalue weighted by Gasteiger charge is -2.06. The Morgan fingerprint density at radius 1 is 1.58 bits per heavy atom. The fraction of sp³-hybridized carbons (Fsp3) is 0.333. The fourth-order valence-corrected chi connectivity index (χ4v) is 1.96. The highest BCUT2D eigenvalue weighted by atomic mass is 79.9. The summed E-state index contributed by atoms with van der Waals surface area (Å²) in [5.41, 5.74) is 0.500. The van der Waals surface area contributed by atoms with Gasteiger partial charge in [-0.25, -0.2) is 0 Å². The highest BCUT2D eigenvalue weighted by molar-refractivity contribution is 9.08. The monoisotopic (exact) mass is 326 g/mol. The van der Waals surface area contributed by atoms with Gasteiger partial charge in [-0.3, -0.25) is 14.9 Å². The van der Waals surface area contributed by atoms with Crippen molar-refractivity contribution in [1.82, 2.24) is 0 Å². The summed E-state index contributed by atoms with van der Waals surface area (Å²) >= 11 is 3.22. The lowest BCUT2D eigenvalue weighted by molar-refractivity contribution is -0.385. The van der Waals surface area contributed by atoms with Gasteiger partial charge in [0.05, 0.1) is 18.0 Å². The minimum absolute atomic E-state index is 0.0544. The molecule has 0 aromatic heterocycles. The first-order chi connectivity index (χ1) is 9.03. The van der Waals surface area contributed by atoms with E-state index in [0.29, 0.717) is 10.9 Å². The topological polar surface area (TPSA) is 93.2 Å². The normalized spacial score (nSPS) is 9.74. The van der Waals surface area contributed by atoms with Crippen molar-refractivity contribution in [1.29, 1.82) is 5.26 Å². The van der Waals surface area contributed by atoms with Gasteiger partial charge >= 0.3 is 5.97 Å². The second kappa shape index (κ2) is 6.85. The average Bonchev–Trinajstić information content (AvgIpc) is 2.37. The van der Waals surface area contributed by atoms with Crippen molar-refractivity contribution >= 4 is 27.6 Å². The van der Waals surface area contributed by atoms with Gasteiger partial charge < -0.3 is 4.74 Å². The van der Waals surface area contributed by atoms with E-state index in [0.717, 1.165) is 0 Å². The second-order valence-corrected chi connectivity index (χ2v) is 4.20. The number of carbonyl (C=O) groups is 1. The van der Waals surface area contributed by atoms with Crippen molar-refractivity contribution in [2.45, 2.75) is 18.7 Å². The largest absolute Gasteiger partial charge is 0.466 e. The van der Waals surface area contributed by atoms with E-state index in [-0.39, 0.29) is 29.8 Å². The van der Waals surface area contributed by atoms with Crippen LogP contribution in [0.1, 0.15) is 23.6 Å². The number of hydrogen-bond donors (Lipinski definition) is 0. The molecule has 0 N–H and O–H groups in total. The number of nitro benzene ring substituents is 1. The summed E-state index contributed by atoms with van der Waals surface area (Å²) in [5, 5.41) is 20.4. The summed E-state index contributed by atoms with van der Waals surface area (Å²) in [6.45, 7) is 1.86. The number of alkyl halides is 1. The van der Waals surface area contributed by atoms with E-state index < -0.39 is 10.9 Å². The summed E-state index contributed by atoms with van der Waals surface area (Å²) in [5.74, 6) is -0.554. The maximum absolute atomic E-state index is 11.4. The van der Waals surface area contributed by atoms with E-state index in [1.54, 1.807) is 13.0 Å². The number of rotatable bonds is 5. The van der Waals surface area contributed by atoms with Crippen molar-refractivity contribution in [2.75, 3.05) is 6.61 Å². The zero-order chi connectivity index (χ0) is 14.4. The van der Waals surface area contributed by atoms with Crippen LogP contribution in [0.5, 0.6) is 0 Å². The van der Waals surface area contributed by atoms with Gasteiger partial charge in [-0.05, 0) is 24.6 Å². The number of benzene rings is 1. The van der Waals surface area contributed by atoms with Crippen molar-refractivity contribution in [2.24, 2.45) is 0 Å². The highest BCUT2D eigenvalue weighted by Crippen LogP contribution is 2.27. The summed E-state index contributed by atoms with van der Waals surface area (Å²) < 4.78 is 4.77. The maximum Gasteiger partial charge on any atom is 0.310 e. The smallest absolute Gasteiger partial charge is 0.310 e. The number of ether oxygens (including phenoxy) is 1. The highest BCUT2D eigenvalue weighted by Gasteiger charge is 2.23. The van der Waals surface area contributed by atoms with Gasteiger partial charge in [-0.15, -0.1) is 0 Å². The maximum atomic E-state index is 11.4. The molecule has 6 nitrogen and oxygen atoms in total. The molecular formula is C12H11BrN2O4. The number of hydrogen-bond acceptors (Lipinski definition) is 5. The number of esters is 1. The Kier molecular flexibility index (Phi) is 5.45. The third-order valence-corrected chi connectivity index (χ3v) is 2.99. The number of nitriles is 1. The second-order valence-electron chi connectivity index (χ2n) is 3.64. The van der Waals surface area contributed by atoms with E-state index in [1.165, 1.54) is 12.1 Å². The fourth-order valence-electron chi connectivity index (χ4n) is 1.64. The van der Waals surface area contributed by atoms with Crippen molar-refractivity contribution < 1.29 is 14.5 Å². The standard InChI is InChI=1S/C12H11BrN2O4/c1-2-19-11(16)5-9-3-8(6-13)4-10(7-14)12(9)15(17)18/h3-4H,2,5-6H2,1H3. The van der Waals surface area contributed by atoms with Gasteiger partial charge in [0, 0.05) is 10.9 Å². The van der Waals surface area contributed by atoms with E-state index in [2.05, 4.69) is 15.9 Å². The molecule has 1 aromatic carbocycles. The molecule has 0 radical (unpaired) electrons. The Morgan fingerprint density at radius 3 is 2.74 bits per heavy atom. The molecule has 1 rings (SSSR count). The van der Waals surface area contributed by atoms with Crippen LogP contribution in [-0.2, 0) is 21.3 Å². The van der Waals surface area contributed by atoms with Gasteiger partial charge in [-0.1, -0.05) is 15.9 Å². The Labute approximate surface area is 118 Å². The average molecular weight is 327 g/mol. The molecule has 100 valence electrons. The van der Waals surface area contributed by atoms with Crippen LogP contribution in [0.25, 0.3) is 0 Å². The molecule has 0 saturated heterocycles. The zero-order valence-electron chi connectivity index (χ0n) is 10.2. The first kappa shape index (κ1) is 15.1. The van der Waals surface area contributed by atoms with Gasteiger partial charge in [0.25, 0.3) is 5.69 Å². The molecule has 0 spiro atoms. The number of nitro groups is 1. The summed E-state index contributed by atoms with van der Waals surface area (Å²) in [6.07, 6.45) is -0.223. The van der Waals surface area contributed by atoms with Crippen LogP contribution < -0.4 is 0 Å². The van der Waals surface area contributed by atoms with Gasteiger partial charge in [0.1, 0.15) is 11.6 Å². The predicted molar refractivity (Wildman–Crippen MR) is 70.8 cm³/mol. The Balaban J connectivity index is 3.30. The summed E-state index contributed by atoms with van der Waals surface area (Å²) in [4.78, 5) is 21.8. The van der Waals surface area contributed by atoms with Crippen LogP contribution in [0.3, 0.4) is 0 Å². The molecule has 7 heteroatoms. The van der Waals surface area contributed by atoms with E-state index in [4.69, 9.17) is 10.00 Å². The number of nitrogens with zero attached hydrogens (tertiary/aromatic N) is 2. The van der Waals surface area contributed by atoms with Crippen LogP contribution in [0.4, 0.5) is 5.69 Å². The lowest BCUT2D eigenvalue weighted by Crippen LogP contribution is -2.10. The first-order valence-electron chi connectivity index (χ1n) is 5.45. The SMILES string of the molecule is CCOC(=O)Cc1cc(CBr)cc(C#N)c1[N+](=O)[O-]. The van der Waals surface area contributed by atoms with E-state index >= 15 is 0 Å². The molecule has 0 bridgehead atoms. The van der Waals surface area contributed by atoms with Gasteiger partial charge in [0.2, 0.25) is 0 Å². The summed E-state index contributed by atoms with van der Waals surface area (Å²) in [6, 6.07) is 4.75. The molecule has 1 aromatic rings.